The fraction of sp³-hybridized carbons (Fsp3) is 0.364. The lowest BCUT2D eigenvalue weighted by molar-refractivity contribution is 0.155. The highest BCUT2D eigenvalue weighted by molar-refractivity contribution is 7.11. The summed E-state index contributed by atoms with van der Waals surface area (Å²) in [6, 6.07) is 7.52. The number of alkyl halides is 3. The summed E-state index contributed by atoms with van der Waals surface area (Å²) in [5, 5.41) is 1.67. The number of rotatable bonds is 5. The summed E-state index contributed by atoms with van der Waals surface area (Å²) < 4.78 is 29.2. The molecule has 0 aliphatic rings. The summed E-state index contributed by atoms with van der Waals surface area (Å²) in [5.74, 6) is 0.318. The third-order valence-corrected chi connectivity index (χ3v) is 3.47. The Bertz CT molecular complexity index is 489. The molecule has 0 aliphatic heterocycles. The molecular formula is C11H11ClF2N2S. The highest BCUT2D eigenvalue weighted by Crippen LogP contribution is 2.31. The summed E-state index contributed by atoms with van der Waals surface area (Å²) in [5.41, 5.74) is 0.835. The van der Waals surface area contributed by atoms with Crippen molar-refractivity contribution in [3.8, 4) is 0 Å². The monoisotopic (exact) mass is 276 g/mol. The van der Waals surface area contributed by atoms with Gasteiger partial charge < -0.3 is 4.90 Å². The van der Waals surface area contributed by atoms with Gasteiger partial charge in [0.2, 0.25) is 0 Å². The summed E-state index contributed by atoms with van der Waals surface area (Å²) in [6.07, 6.45) is -2.38. The van der Waals surface area contributed by atoms with Crippen molar-refractivity contribution >= 4 is 39.0 Å². The van der Waals surface area contributed by atoms with Crippen LogP contribution in [0.25, 0.3) is 10.9 Å². The maximum Gasteiger partial charge on any atom is 0.255 e. The zero-order chi connectivity index (χ0) is 12.3. The van der Waals surface area contributed by atoms with Crippen LogP contribution in [0, 0.1) is 0 Å². The molecule has 0 atom stereocenters. The highest BCUT2D eigenvalue weighted by atomic mass is 35.5. The van der Waals surface area contributed by atoms with Crippen LogP contribution in [0.2, 0.25) is 0 Å². The Balaban J connectivity index is 2.34. The van der Waals surface area contributed by atoms with Gasteiger partial charge in [0.1, 0.15) is 5.00 Å². The number of aromatic nitrogens is 1. The second-order valence-corrected chi connectivity index (χ2v) is 4.66. The fourth-order valence-corrected chi connectivity index (χ4v) is 2.75. The van der Waals surface area contributed by atoms with E-state index >= 15 is 0 Å². The Morgan fingerprint density at radius 2 is 2.12 bits per heavy atom. The van der Waals surface area contributed by atoms with Gasteiger partial charge in [-0.1, -0.05) is 12.1 Å². The van der Waals surface area contributed by atoms with E-state index in [0.29, 0.717) is 12.4 Å². The normalized spacial score (nSPS) is 11.3. The summed E-state index contributed by atoms with van der Waals surface area (Å²) in [6.45, 7) is 0.0942. The first-order valence-electron chi connectivity index (χ1n) is 5.16. The van der Waals surface area contributed by atoms with Gasteiger partial charge in [-0.3, -0.25) is 0 Å². The molecule has 0 saturated carbocycles. The van der Waals surface area contributed by atoms with Gasteiger partial charge in [-0.25, -0.2) is 8.78 Å². The molecule has 2 nitrogen and oxygen atoms in total. The summed E-state index contributed by atoms with van der Waals surface area (Å²) in [7, 11) is 0. The first kappa shape index (κ1) is 12.5. The first-order valence-corrected chi connectivity index (χ1v) is 6.46. The van der Waals surface area contributed by atoms with Crippen LogP contribution in [-0.2, 0) is 0 Å². The van der Waals surface area contributed by atoms with Gasteiger partial charge in [-0.05, 0) is 23.7 Å². The molecule has 0 fully saturated rings. The van der Waals surface area contributed by atoms with E-state index in [1.54, 1.807) is 4.90 Å². The van der Waals surface area contributed by atoms with E-state index in [4.69, 9.17) is 11.6 Å². The van der Waals surface area contributed by atoms with E-state index < -0.39 is 6.43 Å². The van der Waals surface area contributed by atoms with E-state index in [9.17, 15) is 8.78 Å². The van der Waals surface area contributed by atoms with Crippen molar-refractivity contribution in [3.63, 3.8) is 0 Å². The Morgan fingerprint density at radius 1 is 1.35 bits per heavy atom. The lowest BCUT2D eigenvalue weighted by Gasteiger charge is -2.21. The van der Waals surface area contributed by atoms with Crippen molar-refractivity contribution in [2.75, 3.05) is 23.9 Å². The van der Waals surface area contributed by atoms with Crippen molar-refractivity contribution in [2.24, 2.45) is 0 Å². The molecule has 2 rings (SSSR count). The van der Waals surface area contributed by atoms with E-state index in [1.807, 2.05) is 24.3 Å². The van der Waals surface area contributed by atoms with Crippen LogP contribution in [0.5, 0.6) is 0 Å². The van der Waals surface area contributed by atoms with Gasteiger partial charge in [0.05, 0.1) is 12.1 Å². The molecule has 0 aliphatic carbocycles. The van der Waals surface area contributed by atoms with Gasteiger partial charge in [-0.15, -0.1) is 11.6 Å². The van der Waals surface area contributed by atoms with Crippen molar-refractivity contribution in [1.82, 2.24) is 4.37 Å². The van der Waals surface area contributed by atoms with Crippen molar-refractivity contribution in [1.29, 1.82) is 0 Å². The smallest absolute Gasteiger partial charge is 0.255 e. The van der Waals surface area contributed by atoms with Gasteiger partial charge in [0.25, 0.3) is 6.43 Å². The number of halogens is 3. The second-order valence-electron chi connectivity index (χ2n) is 3.53. The number of benzene rings is 1. The minimum absolute atomic E-state index is 0.307. The van der Waals surface area contributed by atoms with Gasteiger partial charge in [-0.2, -0.15) is 4.37 Å². The summed E-state index contributed by atoms with van der Waals surface area (Å²) in [4.78, 5) is 1.59. The molecule has 1 aromatic heterocycles. The summed E-state index contributed by atoms with van der Waals surface area (Å²) >= 11 is 6.88. The molecular weight excluding hydrogens is 266 g/mol. The second kappa shape index (κ2) is 5.60. The number of hydrogen-bond acceptors (Lipinski definition) is 3. The molecule has 0 amide bonds. The Labute approximate surface area is 107 Å². The third-order valence-electron chi connectivity index (χ3n) is 2.36. The molecule has 92 valence electrons. The quantitative estimate of drug-likeness (QED) is 0.776. The Kier molecular flexibility index (Phi) is 4.12. The number of fused-ring (bicyclic) bond motifs is 1. The molecule has 0 radical (unpaired) electrons. The molecule has 6 heteroatoms. The van der Waals surface area contributed by atoms with Crippen molar-refractivity contribution in [3.05, 3.63) is 24.3 Å². The lowest BCUT2D eigenvalue weighted by atomic mass is 10.2. The maximum atomic E-state index is 12.5. The van der Waals surface area contributed by atoms with Crippen LogP contribution < -0.4 is 4.90 Å². The Hall–Kier alpha value is -0.940. The molecule has 17 heavy (non-hydrogen) atoms. The molecule has 0 spiro atoms. The molecule has 2 aromatic rings. The average molecular weight is 277 g/mol. The minimum atomic E-state index is -2.38. The van der Waals surface area contributed by atoms with E-state index in [-0.39, 0.29) is 6.54 Å². The van der Waals surface area contributed by atoms with Crippen LogP contribution >= 0.6 is 23.1 Å². The first-order chi connectivity index (χ1) is 8.22. The Morgan fingerprint density at radius 3 is 2.82 bits per heavy atom. The molecule has 1 heterocycles. The predicted molar refractivity (Wildman–Crippen MR) is 68.6 cm³/mol. The van der Waals surface area contributed by atoms with Crippen molar-refractivity contribution < 1.29 is 8.78 Å². The average Bonchev–Trinajstić information content (AvgIpc) is 2.71. The molecule has 1 aromatic carbocycles. The highest BCUT2D eigenvalue weighted by Gasteiger charge is 2.17. The predicted octanol–water partition coefficient (Wildman–Crippen LogP) is 3.61. The molecule has 0 saturated heterocycles. The van der Waals surface area contributed by atoms with Gasteiger partial charge in [0.15, 0.2) is 0 Å². The van der Waals surface area contributed by atoms with Gasteiger partial charge in [0, 0.05) is 17.8 Å². The van der Waals surface area contributed by atoms with Crippen molar-refractivity contribution in [2.45, 2.75) is 6.43 Å². The number of hydrogen-bond donors (Lipinski definition) is 0. The van der Waals surface area contributed by atoms with Crippen LogP contribution in [0.1, 0.15) is 0 Å². The minimum Gasteiger partial charge on any atom is -0.355 e. The molecule has 0 unspecified atom stereocenters. The zero-order valence-corrected chi connectivity index (χ0v) is 10.5. The van der Waals surface area contributed by atoms with E-state index in [2.05, 4.69) is 4.37 Å². The van der Waals surface area contributed by atoms with Crippen LogP contribution in [0.4, 0.5) is 13.8 Å². The topological polar surface area (TPSA) is 16.1 Å². The fourth-order valence-electron chi connectivity index (χ4n) is 1.65. The van der Waals surface area contributed by atoms with E-state index in [0.717, 1.165) is 15.9 Å². The SMILES string of the molecule is FC(F)CN(CCCl)c1snc2ccccc12. The van der Waals surface area contributed by atoms with Crippen LogP contribution in [-0.4, -0.2) is 29.8 Å². The third kappa shape index (κ3) is 2.84. The maximum absolute atomic E-state index is 12.5. The van der Waals surface area contributed by atoms with Crippen LogP contribution in [0.15, 0.2) is 24.3 Å². The van der Waals surface area contributed by atoms with Crippen LogP contribution in [0.3, 0.4) is 0 Å². The molecule has 0 N–H and O–H groups in total. The van der Waals surface area contributed by atoms with Gasteiger partial charge >= 0.3 is 0 Å². The zero-order valence-electron chi connectivity index (χ0n) is 8.94. The lowest BCUT2D eigenvalue weighted by Crippen LogP contribution is -2.30. The molecule has 0 bridgehead atoms. The number of nitrogens with zero attached hydrogens (tertiary/aromatic N) is 2. The van der Waals surface area contributed by atoms with E-state index in [1.165, 1.54) is 11.5 Å². The largest absolute Gasteiger partial charge is 0.355 e. The standard InChI is InChI=1S/C11H11ClF2N2S/c12-5-6-16(7-10(13)14)11-8-3-1-2-4-9(8)15-17-11/h1-4,10H,5-7H2. The number of anilines is 1.